The van der Waals surface area contributed by atoms with Crippen molar-refractivity contribution >= 4 is 35.2 Å². The summed E-state index contributed by atoms with van der Waals surface area (Å²) >= 11 is 7.58. The molecule has 1 saturated heterocycles. The molecule has 0 bridgehead atoms. The van der Waals surface area contributed by atoms with Crippen LogP contribution in [0.4, 0.5) is 0 Å². The van der Waals surface area contributed by atoms with Gasteiger partial charge in [0.2, 0.25) is 11.8 Å². The molecule has 7 nitrogen and oxygen atoms in total. The van der Waals surface area contributed by atoms with E-state index in [0.29, 0.717) is 42.8 Å². The lowest BCUT2D eigenvalue weighted by Gasteiger charge is -2.21. The minimum Gasteiger partial charge on any atom is -0.341 e. The first kappa shape index (κ1) is 20.7. The second-order valence-corrected chi connectivity index (χ2v) is 8.02. The van der Waals surface area contributed by atoms with Crippen molar-refractivity contribution in [1.82, 2.24) is 24.6 Å². The Balaban J connectivity index is 1.60. The van der Waals surface area contributed by atoms with E-state index < -0.39 is 0 Å². The van der Waals surface area contributed by atoms with Gasteiger partial charge in [-0.2, -0.15) is 0 Å². The number of amides is 2. The summed E-state index contributed by atoms with van der Waals surface area (Å²) in [6.07, 6.45) is 2.93. The first-order valence-corrected chi connectivity index (χ1v) is 10.7. The van der Waals surface area contributed by atoms with E-state index in [2.05, 4.69) is 10.2 Å². The minimum absolute atomic E-state index is 0.0484. The van der Waals surface area contributed by atoms with Crippen molar-refractivity contribution in [3.05, 3.63) is 35.1 Å². The predicted molar refractivity (Wildman–Crippen MR) is 110 cm³/mol. The lowest BCUT2D eigenvalue weighted by atomic mass is 10.2. The quantitative estimate of drug-likeness (QED) is 0.694. The Labute approximate surface area is 174 Å². The van der Waals surface area contributed by atoms with Crippen molar-refractivity contribution < 1.29 is 9.59 Å². The van der Waals surface area contributed by atoms with Crippen molar-refractivity contribution in [2.45, 2.75) is 31.8 Å². The molecule has 0 radical (unpaired) electrons. The standard InChI is InChI=1S/C19H24ClN5O2S/c1-3-17(26)23-7-4-8-24(10-9-23)18(27)12-28-19-22-21-13-25(19)15-6-5-14(2)16(20)11-15/h5-6,11,13H,3-4,7-10,12H2,1-2H3. The maximum absolute atomic E-state index is 12.7. The van der Waals surface area contributed by atoms with E-state index in [-0.39, 0.29) is 17.6 Å². The molecule has 2 heterocycles. The van der Waals surface area contributed by atoms with Crippen LogP contribution in [-0.4, -0.2) is 68.3 Å². The van der Waals surface area contributed by atoms with Crippen molar-refractivity contribution in [3.8, 4) is 5.69 Å². The van der Waals surface area contributed by atoms with Gasteiger partial charge in [0.05, 0.1) is 11.4 Å². The number of hydrogen-bond acceptors (Lipinski definition) is 5. The van der Waals surface area contributed by atoms with Crippen LogP contribution in [0, 0.1) is 6.92 Å². The Bertz CT molecular complexity index is 857. The van der Waals surface area contributed by atoms with Gasteiger partial charge in [-0.25, -0.2) is 0 Å². The van der Waals surface area contributed by atoms with E-state index in [1.165, 1.54) is 11.8 Å². The second-order valence-electron chi connectivity index (χ2n) is 6.67. The topological polar surface area (TPSA) is 71.3 Å². The number of hydrogen-bond donors (Lipinski definition) is 0. The average molecular weight is 422 g/mol. The maximum Gasteiger partial charge on any atom is 0.233 e. The molecule has 1 aliphatic heterocycles. The van der Waals surface area contributed by atoms with E-state index in [4.69, 9.17) is 11.6 Å². The normalized spacial score (nSPS) is 14.8. The van der Waals surface area contributed by atoms with E-state index in [9.17, 15) is 9.59 Å². The SMILES string of the molecule is CCC(=O)N1CCCN(C(=O)CSc2nncn2-c2ccc(C)c(Cl)c2)CC1. The van der Waals surface area contributed by atoms with Gasteiger partial charge in [0.15, 0.2) is 5.16 Å². The molecular formula is C19H24ClN5O2S. The smallest absolute Gasteiger partial charge is 0.233 e. The molecule has 1 aromatic carbocycles. The summed E-state index contributed by atoms with van der Waals surface area (Å²) in [6.45, 7) is 6.37. The average Bonchev–Trinajstić information content (AvgIpc) is 3.02. The molecule has 150 valence electrons. The lowest BCUT2D eigenvalue weighted by Crippen LogP contribution is -2.37. The number of rotatable bonds is 5. The van der Waals surface area contributed by atoms with Crippen molar-refractivity contribution in [1.29, 1.82) is 0 Å². The van der Waals surface area contributed by atoms with Gasteiger partial charge in [-0.3, -0.25) is 14.2 Å². The maximum atomic E-state index is 12.7. The number of halogens is 1. The highest BCUT2D eigenvalue weighted by atomic mass is 35.5. The van der Waals surface area contributed by atoms with Gasteiger partial charge in [-0.05, 0) is 31.0 Å². The highest BCUT2D eigenvalue weighted by molar-refractivity contribution is 7.99. The Kier molecular flexibility index (Phi) is 6.96. The number of aromatic nitrogens is 3. The molecular weight excluding hydrogens is 398 g/mol. The van der Waals surface area contributed by atoms with Crippen LogP contribution in [0.2, 0.25) is 5.02 Å². The van der Waals surface area contributed by atoms with Crippen LogP contribution in [-0.2, 0) is 9.59 Å². The first-order valence-electron chi connectivity index (χ1n) is 9.34. The van der Waals surface area contributed by atoms with Crippen molar-refractivity contribution in [2.75, 3.05) is 31.9 Å². The van der Waals surface area contributed by atoms with Crippen LogP contribution < -0.4 is 0 Å². The van der Waals surface area contributed by atoms with E-state index in [1.54, 1.807) is 6.33 Å². The molecule has 0 atom stereocenters. The van der Waals surface area contributed by atoms with Crippen molar-refractivity contribution in [2.24, 2.45) is 0 Å². The molecule has 2 amide bonds. The Morgan fingerprint density at radius 3 is 2.54 bits per heavy atom. The van der Waals surface area contributed by atoms with Gasteiger partial charge in [0, 0.05) is 37.6 Å². The van der Waals surface area contributed by atoms with Gasteiger partial charge in [0.1, 0.15) is 6.33 Å². The van der Waals surface area contributed by atoms with Gasteiger partial charge < -0.3 is 9.80 Å². The van der Waals surface area contributed by atoms with Gasteiger partial charge in [0.25, 0.3) is 0 Å². The molecule has 2 aromatic rings. The number of carbonyl (C=O) groups is 2. The number of aryl methyl sites for hydroxylation is 1. The van der Waals surface area contributed by atoms with Crippen LogP contribution in [0.15, 0.2) is 29.7 Å². The highest BCUT2D eigenvalue weighted by Crippen LogP contribution is 2.24. The van der Waals surface area contributed by atoms with Gasteiger partial charge >= 0.3 is 0 Å². The highest BCUT2D eigenvalue weighted by Gasteiger charge is 2.22. The van der Waals surface area contributed by atoms with Crippen LogP contribution in [0.1, 0.15) is 25.3 Å². The summed E-state index contributed by atoms with van der Waals surface area (Å²) in [6, 6.07) is 5.75. The number of nitrogens with zero attached hydrogens (tertiary/aromatic N) is 5. The molecule has 0 saturated carbocycles. The largest absolute Gasteiger partial charge is 0.341 e. The summed E-state index contributed by atoms with van der Waals surface area (Å²) in [5, 5.41) is 9.43. The molecule has 1 fully saturated rings. The molecule has 3 rings (SSSR count). The molecule has 0 aliphatic carbocycles. The van der Waals surface area contributed by atoms with E-state index in [0.717, 1.165) is 17.7 Å². The summed E-state index contributed by atoms with van der Waals surface area (Å²) in [5.74, 6) is 0.473. The summed E-state index contributed by atoms with van der Waals surface area (Å²) in [7, 11) is 0. The Morgan fingerprint density at radius 1 is 1.14 bits per heavy atom. The third-order valence-electron chi connectivity index (χ3n) is 4.78. The fraction of sp³-hybridized carbons (Fsp3) is 0.474. The van der Waals surface area contributed by atoms with Crippen LogP contribution in [0.5, 0.6) is 0 Å². The van der Waals surface area contributed by atoms with Gasteiger partial charge in [-0.15, -0.1) is 10.2 Å². The molecule has 28 heavy (non-hydrogen) atoms. The third-order valence-corrected chi connectivity index (χ3v) is 6.11. The zero-order valence-electron chi connectivity index (χ0n) is 16.1. The second kappa shape index (κ2) is 9.43. The first-order chi connectivity index (χ1) is 13.5. The van der Waals surface area contributed by atoms with Crippen molar-refractivity contribution in [3.63, 3.8) is 0 Å². The third kappa shape index (κ3) is 4.86. The monoisotopic (exact) mass is 421 g/mol. The van der Waals surface area contributed by atoms with Crippen LogP contribution in [0.25, 0.3) is 5.69 Å². The summed E-state index contributed by atoms with van der Waals surface area (Å²) in [5.41, 5.74) is 1.86. The Hall–Kier alpha value is -2.06. The molecule has 9 heteroatoms. The van der Waals surface area contributed by atoms with E-state index in [1.807, 2.05) is 46.4 Å². The van der Waals surface area contributed by atoms with E-state index >= 15 is 0 Å². The minimum atomic E-state index is 0.0484. The molecule has 0 spiro atoms. The summed E-state index contributed by atoms with van der Waals surface area (Å²) < 4.78 is 1.83. The predicted octanol–water partition coefficient (Wildman–Crippen LogP) is 2.79. The lowest BCUT2D eigenvalue weighted by molar-refractivity contribution is -0.132. The molecule has 1 aromatic heterocycles. The molecule has 0 unspecified atom stereocenters. The molecule has 1 aliphatic rings. The zero-order valence-corrected chi connectivity index (χ0v) is 17.7. The fourth-order valence-electron chi connectivity index (χ4n) is 3.09. The zero-order chi connectivity index (χ0) is 20.1. The Morgan fingerprint density at radius 2 is 1.86 bits per heavy atom. The number of carbonyl (C=O) groups excluding carboxylic acids is 2. The summed E-state index contributed by atoms with van der Waals surface area (Å²) in [4.78, 5) is 28.2. The number of thioether (sulfide) groups is 1. The molecule has 0 N–H and O–H groups in total. The van der Waals surface area contributed by atoms with Gasteiger partial charge in [-0.1, -0.05) is 36.4 Å². The van der Waals surface area contributed by atoms with Crippen LogP contribution >= 0.6 is 23.4 Å². The fourth-order valence-corrected chi connectivity index (χ4v) is 4.10. The number of benzene rings is 1. The van der Waals surface area contributed by atoms with Crippen LogP contribution in [0.3, 0.4) is 0 Å².